The van der Waals surface area contributed by atoms with E-state index in [4.69, 9.17) is 5.73 Å². The standard InChI is InChI=1S/C13H14N4/c1-11-7-8-16-17(11)10-13(15,9-14)12-5-3-2-4-6-12/h2-8H,10,15H2,1H3. The summed E-state index contributed by atoms with van der Waals surface area (Å²) in [5.41, 5.74) is 6.91. The number of nitrogens with two attached hydrogens (primary N) is 1. The summed E-state index contributed by atoms with van der Waals surface area (Å²) in [6.45, 7) is 2.29. The fourth-order valence-electron chi connectivity index (χ4n) is 1.73. The van der Waals surface area contributed by atoms with Gasteiger partial charge in [-0.3, -0.25) is 4.68 Å². The lowest BCUT2D eigenvalue weighted by atomic mass is 9.92. The maximum absolute atomic E-state index is 9.31. The average molecular weight is 226 g/mol. The third kappa shape index (κ3) is 2.19. The number of aromatic nitrogens is 2. The molecule has 1 aromatic heterocycles. The van der Waals surface area contributed by atoms with Crippen LogP contribution < -0.4 is 5.73 Å². The van der Waals surface area contributed by atoms with Gasteiger partial charge in [0.1, 0.15) is 5.54 Å². The van der Waals surface area contributed by atoms with Crippen LogP contribution >= 0.6 is 0 Å². The van der Waals surface area contributed by atoms with Gasteiger partial charge in [0.15, 0.2) is 0 Å². The summed E-state index contributed by atoms with van der Waals surface area (Å²) in [5.74, 6) is 0. The predicted octanol–water partition coefficient (Wildman–Crippen LogP) is 1.57. The van der Waals surface area contributed by atoms with Crippen LogP contribution in [-0.2, 0) is 12.1 Å². The van der Waals surface area contributed by atoms with Crippen LogP contribution in [0, 0.1) is 18.3 Å². The molecule has 1 atom stereocenters. The van der Waals surface area contributed by atoms with Crippen molar-refractivity contribution in [3.63, 3.8) is 0 Å². The lowest BCUT2D eigenvalue weighted by molar-refractivity contribution is 0.435. The Kier molecular flexibility index (Phi) is 2.94. The van der Waals surface area contributed by atoms with Gasteiger partial charge in [-0.1, -0.05) is 30.3 Å². The van der Waals surface area contributed by atoms with E-state index in [0.717, 1.165) is 11.3 Å². The van der Waals surface area contributed by atoms with E-state index in [1.54, 1.807) is 10.9 Å². The third-order valence-electron chi connectivity index (χ3n) is 2.82. The van der Waals surface area contributed by atoms with Crippen molar-refractivity contribution >= 4 is 0 Å². The average Bonchev–Trinajstić information content (AvgIpc) is 2.76. The van der Waals surface area contributed by atoms with Crippen LogP contribution in [0.25, 0.3) is 0 Å². The first-order valence-electron chi connectivity index (χ1n) is 5.40. The van der Waals surface area contributed by atoms with Crippen LogP contribution in [0.2, 0.25) is 0 Å². The topological polar surface area (TPSA) is 67.6 Å². The van der Waals surface area contributed by atoms with E-state index in [-0.39, 0.29) is 0 Å². The molecule has 0 saturated carbocycles. The van der Waals surface area contributed by atoms with Crippen LogP contribution in [0.1, 0.15) is 11.3 Å². The zero-order chi connectivity index (χ0) is 12.3. The molecule has 2 rings (SSSR count). The molecule has 86 valence electrons. The minimum atomic E-state index is -1.04. The Hall–Kier alpha value is -2.12. The number of nitriles is 1. The second-order valence-corrected chi connectivity index (χ2v) is 4.08. The van der Waals surface area contributed by atoms with E-state index < -0.39 is 5.54 Å². The van der Waals surface area contributed by atoms with E-state index >= 15 is 0 Å². The van der Waals surface area contributed by atoms with E-state index in [1.807, 2.05) is 43.3 Å². The van der Waals surface area contributed by atoms with Gasteiger partial charge in [0.05, 0.1) is 12.6 Å². The fraction of sp³-hybridized carbons (Fsp3) is 0.231. The highest BCUT2D eigenvalue weighted by Crippen LogP contribution is 2.19. The van der Waals surface area contributed by atoms with Crippen LogP contribution in [0.3, 0.4) is 0 Å². The third-order valence-corrected chi connectivity index (χ3v) is 2.82. The summed E-state index contributed by atoms with van der Waals surface area (Å²) in [7, 11) is 0. The minimum absolute atomic E-state index is 0.354. The summed E-state index contributed by atoms with van der Waals surface area (Å²) >= 11 is 0. The molecular formula is C13H14N4. The first-order chi connectivity index (χ1) is 8.15. The Bertz CT molecular complexity index is 538. The number of hydrogen-bond donors (Lipinski definition) is 1. The van der Waals surface area contributed by atoms with E-state index in [9.17, 15) is 5.26 Å². The molecule has 0 spiro atoms. The maximum atomic E-state index is 9.31. The molecule has 4 heteroatoms. The van der Waals surface area contributed by atoms with Crippen LogP contribution in [-0.4, -0.2) is 9.78 Å². The molecule has 2 aromatic rings. The normalized spacial score (nSPS) is 13.9. The molecule has 2 N–H and O–H groups in total. The Labute approximate surface area is 100 Å². The summed E-state index contributed by atoms with van der Waals surface area (Å²) in [4.78, 5) is 0. The molecule has 0 aliphatic carbocycles. The highest BCUT2D eigenvalue weighted by molar-refractivity contribution is 5.30. The maximum Gasteiger partial charge on any atom is 0.149 e. The largest absolute Gasteiger partial charge is 0.308 e. The van der Waals surface area contributed by atoms with Gasteiger partial charge in [0.25, 0.3) is 0 Å². The van der Waals surface area contributed by atoms with Crippen molar-refractivity contribution in [1.82, 2.24) is 9.78 Å². The Morgan fingerprint density at radius 1 is 1.35 bits per heavy atom. The van der Waals surface area contributed by atoms with Crippen molar-refractivity contribution in [1.29, 1.82) is 5.26 Å². The number of aryl methyl sites for hydroxylation is 1. The van der Waals surface area contributed by atoms with Gasteiger partial charge in [0.2, 0.25) is 0 Å². The summed E-state index contributed by atoms with van der Waals surface area (Å²) in [6.07, 6.45) is 1.71. The highest BCUT2D eigenvalue weighted by Gasteiger charge is 2.28. The highest BCUT2D eigenvalue weighted by atomic mass is 15.3. The van der Waals surface area contributed by atoms with E-state index in [2.05, 4.69) is 11.2 Å². The van der Waals surface area contributed by atoms with Gasteiger partial charge in [-0.15, -0.1) is 0 Å². The number of hydrogen-bond acceptors (Lipinski definition) is 3. The number of benzene rings is 1. The monoisotopic (exact) mass is 226 g/mol. The molecule has 1 unspecified atom stereocenters. The van der Waals surface area contributed by atoms with Crippen molar-refractivity contribution in [2.75, 3.05) is 0 Å². The van der Waals surface area contributed by atoms with E-state index in [1.165, 1.54) is 0 Å². The zero-order valence-electron chi connectivity index (χ0n) is 9.67. The second kappa shape index (κ2) is 4.40. The summed E-state index contributed by atoms with van der Waals surface area (Å²) < 4.78 is 1.75. The lowest BCUT2D eigenvalue weighted by Crippen LogP contribution is -2.40. The van der Waals surface area contributed by atoms with Crippen molar-refractivity contribution in [2.45, 2.75) is 19.0 Å². The predicted molar refractivity (Wildman–Crippen MR) is 64.9 cm³/mol. The molecule has 0 aliphatic rings. The molecule has 0 bridgehead atoms. The van der Waals surface area contributed by atoms with Crippen molar-refractivity contribution < 1.29 is 0 Å². The first-order valence-corrected chi connectivity index (χ1v) is 5.40. The second-order valence-electron chi connectivity index (χ2n) is 4.08. The van der Waals surface area contributed by atoms with Gasteiger partial charge in [-0.2, -0.15) is 10.4 Å². The van der Waals surface area contributed by atoms with Crippen LogP contribution in [0.15, 0.2) is 42.6 Å². The van der Waals surface area contributed by atoms with E-state index in [0.29, 0.717) is 6.54 Å². The van der Waals surface area contributed by atoms with Gasteiger partial charge in [-0.05, 0) is 18.6 Å². The van der Waals surface area contributed by atoms with Gasteiger partial charge in [0, 0.05) is 11.9 Å². The molecule has 0 saturated heterocycles. The lowest BCUT2D eigenvalue weighted by Gasteiger charge is -2.22. The Morgan fingerprint density at radius 3 is 2.59 bits per heavy atom. The Morgan fingerprint density at radius 2 is 2.06 bits per heavy atom. The number of nitrogens with zero attached hydrogens (tertiary/aromatic N) is 3. The smallest absolute Gasteiger partial charge is 0.149 e. The first kappa shape index (κ1) is 11.4. The molecule has 0 amide bonds. The zero-order valence-corrected chi connectivity index (χ0v) is 9.67. The SMILES string of the molecule is Cc1ccnn1CC(N)(C#N)c1ccccc1. The summed E-state index contributed by atoms with van der Waals surface area (Å²) in [5, 5.41) is 13.5. The van der Waals surface area contributed by atoms with Crippen molar-refractivity contribution in [2.24, 2.45) is 5.73 Å². The van der Waals surface area contributed by atoms with Crippen molar-refractivity contribution in [3.8, 4) is 6.07 Å². The van der Waals surface area contributed by atoms with Crippen LogP contribution in [0.5, 0.6) is 0 Å². The molecule has 0 radical (unpaired) electrons. The molecule has 1 heterocycles. The molecule has 4 nitrogen and oxygen atoms in total. The fourth-order valence-corrected chi connectivity index (χ4v) is 1.73. The molecular weight excluding hydrogens is 212 g/mol. The molecule has 17 heavy (non-hydrogen) atoms. The Balaban J connectivity index is 2.34. The minimum Gasteiger partial charge on any atom is -0.308 e. The van der Waals surface area contributed by atoms with Gasteiger partial charge >= 0.3 is 0 Å². The molecule has 1 aromatic carbocycles. The quantitative estimate of drug-likeness (QED) is 0.863. The van der Waals surface area contributed by atoms with Crippen LogP contribution in [0.4, 0.5) is 0 Å². The molecule has 0 fully saturated rings. The van der Waals surface area contributed by atoms with Gasteiger partial charge < -0.3 is 5.73 Å². The van der Waals surface area contributed by atoms with Crippen molar-refractivity contribution in [3.05, 3.63) is 53.9 Å². The summed E-state index contributed by atoms with van der Waals surface area (Å²) in [6, 6.07) is 13.5. The van der Waals surface area contributed by atoms with Gasteiger partial charge in [-0.25, -0.2) is 0 Å². The molecule has 0 aliphatic heterocycles. The number of rotatable bonds is 3.